The molecule has 0 aliphatic carbocycles. The average molecular weight is 273 g/mol. The van der Waals surface area contributed by atoms with Crippen molar-refractivity contribution in [2.45, 2.75) is 38.9 Å². The van der Waals surface area contributed by atoms with E-state index < -0.39 is 13.9 Å². The van der Waals surface area contributed by atoms with Gasteiger partial charge in [0.1, 0.15) is 0 Å². The van der Waals surface area contributed by atoms with Crippen LogP contribution in [0.25, 0.3) is 6.08 Å². The number of hydrogen-bond donors (Lipinski definition) is 0. The molecule has 1 aromatic carbocycles. The van der Waals surface area contributed by atoms with Crippen molar-refractivity contribution in [2.75, 3.05) is 0 Å². The number of rotatable bonds is 3. The van der Waals surface area contributed by atoms with Crippen LogP contribution in [-0.4, -0.2) is 18.3 Å². The van der Waals surface area contributed by atoms with E-state index in [4.69, 9.17) is 0 Å². The van der Waals surface area contributed by atoms with Crippen LogP contribution in [0.3, 0.4) is 0 Å². The number of fused-ring (bicyclic) bond motifs is 1. The Balaban J connectivity index is 2.65. The number of hydrogen-bond acceptors (Lipinski definition) is 0. The van der Waals surface area contributed by atoms with Crippen molar-refractivity contribution in [1.29, 1.82) is 0 Å². The Hall–Kier alpha value is -0.627. The molecule has 0 saturated carbocycles. The Bertz CT molecular complexity index is 452. The zero-order valence-electron chi connectivity index (χ0n) is 10.5. The van der Waals surface area contributed by atoms with Gasteiger partial charge in [-0.15, -0.1) is 0 Å². The van der Waals surface area contributed by atoms with Crippen molar-refractivity contribution in [3.63, 3.8) is 0 Å². The first-order chi connectivity index (χ1) is 7.81. The number of benzene rings is 1. The summed E-state index contributed by atoms with van der Waals surface area (Å²) >= 11 is -1.14. The maximum absolute atomic E-state index is 2.43. The molecule has 0 bridgehead atoms. The molecule has 1 aliphatic rings. The van der Waals surface area contributed by atoms with E-state index in [2.05, 4.69) is 51.1 Å². The molecule has 1 aliphatic heterocycles. The third kappa shape index (κ3) is 1.95. The second-order valence-electron chi connectivity index (χ2n) is 4.27. The Morgan fingerprint density at radius 2 is 1.75 bits per heavy atom. The third-order valence-corrected chi connectivity index (χ3v) is 10.2. The first kappa shape index (κ1) is 11.8. The summed E-state index contributed by atoms with van der Waals surface area (Å²) in [5, 5.41) is 1.39. The molecule has 0 amide bonds. The summed E-state index contributed by atoms with van der Waals surface area (Å²) < 4.78 is 3.52. The molecule has 1 heteroatoms. The SMILES string of the molecule is CCC1=Cc2cccc[c]2[Ge]([CH2]C)=[C]1CC. The molecular weight excluding hydrogens is 253 g/mol. The normalized spacial score (nSPS) is 14.8. The van der Waals surface area contributed by atoms with E-state index in [-0.39, 0.29) is 0 Å². The van der Waals surface area contributed by atoms with Gasteiger partial charge in [0.15, 0.2) is 0 Å². The summed E-state index contributed by atoms with van der Waals surface area (Å²) in [6.07, 6.45) is 4.89. The van der Waals surface area contributed by atoms with Gasteiger partial charge in [-0.3, -0.25) is 0 Å². The number of allylic oxidation sites excluding steroid dienone is 1. The van der Waals surface area contributed by atoms with Crippen LogP contribution in [0.4, 0.5) is 0 Å². The van der Waals surface area contributed by atoms with E-state index >= 15 is 0 Å². The predicted molar refractivity (Wildman–Crippen MR) is 75.9 cm³/mol. The van der Waals surface area contributed by atoms with Crippen LogP contribution >= 0.6 is 0 Å². The van der Waals surface area contributed by atoms with Crippen molar-refractivity contribution >= 4 is 28.7 Å². The summed E-state index contributed by atoms with van der Waals surface area (Å²) in [6, 6.07) is 9.04. The van der Waals surface area contributed by atoms with Crippen LogP contribution in [0.5, 0.6) is 0 Å². The summed E-state index contributed by atoms with van der Waals surface area (Å²) in [7, 11) is 0. The summed E-state index contributed by atoms with van der Waals surface area (Å²) in [4.78, 5) is 0. The Morgan fingerprint density at radius 3 is 2.38 bits per heavy atom. The molecule has 1 aromatic rings. The molecule has 0 aromatic heterocycles. The molecule has 0 saturated heterocycles. The Kier molecular flexibility index (Phi) is 3.80. The fraction of sp³-hybridized carbons (Fsp3) is 0.400. The second kappa shape index (κ2) is 5.14. The predicted octanol–water partition coefficient (Wildman–Crippen LogP) is 3.38. The van der Waals surface area contributed by atoms with E-state index in [1.807, 2.05) is 4.35 Å². The molecule has 0 fully saturated rings. The van der Waals surface area contributed by atoms with Gasteiger partial charge >= 0.3 is 103 Å². The monoisotopic (exact) mass is 274 g/mol. The zero-order chi connectivity index (χ0) is 11.5. The van der Waals surface area contributed by atoms with Crippen LogP contribution < -0.4 is 4.40 Å². The molecule has 0 N–H and O–H groups in total. The van der Waals surface area contributed by atoms with Gasteiger partial charge in [0.25, 0.3) is 0 Å². The van der Waals surface area contributed by atoms with E-state index in [9.17, 15) is 0 Å². The van der Waals surface area contributed by atoms with E-state index in [0.29, 0.717) is 0 Å². The molecule has 0 atom stereocenters. The summed E-state index contributed by atoms with van der Waals surface area (Å²) in [5.41, 5.74) is 3.14. The van der Waals surface area contributed by atoms with Gasteiger partial charge < -0.3 is 0 Å². The molecular formula is C15H20Ge. The molecule has 84 valence electrons. The Labute approximate surface area is 103 Å². The summed E-state index contributed by atoms with van der Waals surface area (Å²) in [6.45, 7) is 7.00. The minimum atomic E-state index is -1.14. The molecule has 0 radical (unpaired) electrons. The van der Waals surface area contributed by atoms with Crippen LogP contribution in [0, 0.1) is 0 Å². The van der Waals surface area contributed by atoms with E-state index in [1.165, 1.54) is 23.7 Å². The van der Waals surface area contributed by atoms with E-state index in [1.54, 1.807) is 9.97 Å². The van der Waals surface area contributed by atoms with Gasteiger partial charge in [-0.05, 0) is 0 Å². The minimum absolute atomic E-state index is 1.14. The molecule has 2 rings (SSSR count). The molecule has 0 spiro atoms. The zero-order valence-corrected chi connectivity index (χ0v) is 12.6. The van der Waals surface area contributed by atoms with Gasteiger partial charge in [-0.2, -0.15) is 0 Å². The fourth-order valence-electron chi connectivity index (χ4n) is 2.69. The second-order valence-corrected chi connectivity index (χ2v) is 10.2. The van der Waals surface area contributed by atoms with Crippen LogP contribution in [0.15, 0.2) is 29.8 Å². The molecule has 0 nitrogen and oxygen atoms in total. The molecule has 0 unspecified atom stereocenters. The standard InChI is InChI=1S/C15H20Ge/c1-4-12-11-13-9-7-8-10-15(13)16(6-3)14(12)5-2/h7-11H,4-6H2,1-3H3. The molecule has 16 heavy (non-hydrogen) atoms. The van der Waals surface area contributed by atoms with Crippen molar-refractivity contribution in [3.05, 3.63) is 35.4 Å². The third-order valence-electron chi connectivity index (χ3n) is 3.46. The van der Waals surface area contributed by atoms with Crippen LogP contribution in [0.2, 0.25) is 5.25 Å². The van der Waals surface area contributed by atoms with Gasteiger partial charge in [-0.1, -0.05) is 0 Å². The fourth-order valence-corrected chi connectivity index (χ4v) is 8.98. The van der Waals surface area contributed by atoms with Crippen molar-refractivity contribution in [3.8, 4) is 0 Å². The van der Waals surface area contributed by atoms with Crippen molar-refractivity contribution in [2.24, 2.45) is 0 Å². The van der Waals surface area contributed by atoms with Gasteiger partial charge in [0.05, 0.1) is 0 Å². The quantitative estimate of drug-likeness (QED) is 0.740. The topological polar surface area (TPSA) is 0 Å². The summed E-state index contributed by atoms with van der Waals surface area (Å²) in [5.74, 6) is 0. The van der Waals surface area contributed by atoms with Crippen molar-refractivity contribution in [1.82, 2.24) is 0 Å². The van der Waals surface area contributed by atoms with Crippen LogP contribution in [-0.2, 0) is 0 Å². The van der Waals surface area contributed by atoms with Crippen LogP contribution in [0.1, 0.15) is 39.2 Å². The first-order valence-electron chi connectivity index (χ1n) is 6.34. The maximum atomic E-state index is 2.43. The first-order valence-corrected chi connectivity index (χ1v) is 9.92. The van der Waals surface area contributed by atoms with Gasteiger partial charge in [0.2, 0.25) is 0 Å². The van der Waals surface area contributed by atoms with Gasteiger partial charge in [0, 0.05) is 0 Å². The van der Waals surface area contributed by atoms with E-state index in [0.717, 1.165) is 0 Å². The molecule has 1 heterocycles. The average Bonchev–Trinajstić information content (AvgIpc) is 2.36. The van der Waals surface area contributed by atoms with Gasteiger partial charge in [-0.25, -0.2) is 0 Å². The Morgan fingerprint density at radius 1 is 1.00 bits per heavy atom. The van der Waals surface area contributed by atoms with Crippen molar-refractivity contribution < 1.29 is 0 Å².